The first-order chi connectivity index (χ1) is 17.1. The molecule has 3 aromatic rings. The van der Waals surface area contributed by atoms with Crippen molar-refractivity contribution in [3.63, 3.8) is 0 Å². The first kappa shape index (κ1) is 28.7. The number of hydrogen-bond donors (Lipinski definition) is 1. The van der Waals surface area contributed by atoms with E-state index in [0.29, 0.717) is 12.5 Å². The van der Waals surface area contributed by atoms with E-state index in [1.165, 1.54) is 19.3 Å². The van der Waals surface area contributed by atoms with Crippen molar-refractivity contribution >= 4 is 18.4 Å². The van der Waals surface area contributed by atoms with Crippen molar-refractivity contribution in [1.82, 2.24) is 0 Å². The van der Waals surface area contributed by atoms with Gasteiger partial charge in [-0.25, -0.2) is 0 Å². The Morgan fingerprint density at radius 2 is 1.73 bits per heavy atom. The van der Waals surface area contributed by atoms with Crippen molar-refractivity contribution in [1.29, 1.82) is 0 Å². The molecule has 6 rings (SSSR count). The van der Waals surface area contributed by atoms with Crippen LogP contribution in [0.15, 0.2) is 71.6 Å². The molecule has 0 amide bonds. The fourth-order valence-corrected chi connectivity index (χ4v) is 5.03. The molecule has 3 aliphatic rings. The highest BCUT2D eigenvalue weighted by Gasteiger charge is 2.50. The second-order valence-corrected chi connectivity index (χ2v) is 10.1. The summed E-state index contributed by atoms with van der Waals surface area (Å²) in [5.74, 6) is 1.77. The van der Waals surface area contributed by atoms with Crippen LogP contribution in [0.3, 0.4) is 0 Å². The quantitative estimate of drug-likeness (QED) is 0.435. The summed E-state index contributed by atoms with van der Waals surface area (Å²) in [4.78, 5) is 14.1. The van der Waals surface area contributed by atoms with Crippen LogP contribution in [0, 0.1) is 0 Å². The van der Waals surface area contributed by atoms with Gasteiger partial charge in [0.25, 0.3) is 0 Å². The predicted octanol–water partition coefficient (Wildman–Crippen LogP) is 5.39. The molecule has 0 radical (unpaired) electrons. The maximum Gasteiger partial charge on any atom is 0.231 e. The summed E-state index contributed by atoms with van der Waals surface area (Å²) < 4.78 is 16.2. The second-order valence-electron chi connectivity index (χ2n) is 9.54. The van der Waals surface area contributed by atoms with E-state index in [0.717, 1.165) is 58.1 Å². The highest BCUT2D eigenvalue weighted by molar-refractivity contribution is 7.80. The highest BCUT2D eigenvalue weighted by atomic mass is 32.1. The highest BCUT2D eigenvalue weighted by Crippen LogP contribution is 2.51. The van der Waals surface area contributed by atoms with Gasteiger partial charge in [-0.15, -0.1) is 12.6 Å². The van der Waals surface area contributed by atoms with Crippen molar-refractivity contribution in [3.05, 3.63) is 77.9 Å². The zero-order valence-electron chi connectivity index (χ0n) is 21.2. The number of hydrogen-bond acceptors (Lipinski definition) is 5. The summed E-state index contributed by atoms with van der Waals surface area (Å²) in [5, 5.41) is 0. The van der Waals surface area contributed by atoms with Crippen LogP contribution >= 0.6 is 12.6 Å². The molecular formula is C30H38O6S. The molecule has 0 unspecified atom stereocenters. The van der Waals surface area contributed by atoms with Crippen LogP contribution in [0.4, 0.5) is 0 Å². The molecule has 2 aliphatic heterocycles. The summed E-state index contributed by atoms with van der Waals surface area (Å²) in [6.07, 6.45) is 6.59. The van der Waals surface area contributed by atoms with Crippen LogP contribution in [0.5, 0.6) is 11.5 Å². The number of carbonyl (C=O) groups excluding carboxylic acids is 1. The maximum absolute atomic E-state index is 13.2. The molecule has 1 atom stereocenters. The number of carbonyl (C=O) groups is 1. The number of rotatable bonds is 6. The van der Waals surface area contributed by atoms with Crippen LogP contribution in [-0.4, -0.2) is 36.2 Å². The van der Waals surface area contributed by atoms with Gasteiger partial charge in [-0.3, -0.25) is 4.79 Å². The Morgan fingerprint density at radius 1 is 0.973 bits per heavy atom. The maximum atomic E-state index is 13.2. The summed E-state index contributed by atoms with van der Waals surface area (Å²) in [6, 6.07) is 22.2. The molecule has 0 bridgehead atoms. The van der Waals surface area contributed by atoms with E-state index in [1.54, 1.807) is 0 Å². The lowest BCUT2D eigenvalue weighted by Crippen LogP contribution is -2.22. The number of thiol groups is 1. The van der Waals surface area contributed by atoms with E-state index in [9.17, 15) is 4.79 Å². The summed E-state index contributed by atoms with van der Waals surface area (Å²) in [5.41, 5.74) is 3.97. The van der Waals surface area contributed by atoms with Gasteiger partial charge in [0.15, 0.2) is 11.5 Å². The van der Waals surface area contributed by atoms with Gasteiger partial charge in [0.2, 0.25) is 6.79 Å². The van der Waals surface area contributed by atoms with Gasteiger partial charge in [0.05, 0.1) is 11.5 Å². The Hall–Kier alpha value is -2.84. The predicted molar refractivity (Wildman–Crippen MR) is 150 cm³/mol. The van der Waals surface area contributed by atoms with Crippen molar-refractivity contribution < 1.29 is 31.4 Å². The van der Waals surface area contributed by atoms with Gasteiger partial charge in [0.1, 0.15) is 5.78 Å². The van der Waals surface area contributed by atoms with Crippen LogP contribution in [0.2, 0.25) is 0 Å². The molecule has 1 aliphatic carbocycles. The normalized spacial score (nSPS) is 18.1. The molecule has 1 saturated heterocycles. The van der Waals surface area contributed by atoms with Gasteiger partial charge in [-0.2, -0.15) is 0 Å². The van der Waals surface area contributed by atoms with Gasteiger partial charge in [0, 0.05) is 19.3 Å². The third-order valence-corrected chi connectivity index (χ3v) is 7.48. The standard InChI is InChI=1S/C24H20O3S.C6H12O.2H2O.H2/c25-23(24(10-11-24)19-6-9-21-22(14-19)27-15-26-21)13-16-2-1-3-18(12-16)17-4-7-20(28)8-5-17;1-2-6-4-3-5-7-6;;;/h1-9,12,14,28H,10-11,13,15H2;6H,2-5H2,1H3;2*1H2;1H/t;6-;;;/m.0.../s1. The van der Waals surface area contributed by atoms with Gasteiger partial charge in [-0.1, -0.05) is 49.4 Å². The Labute approximate surface area is 225 Å². The number of Topliss-reactive ketones (excluding diaryl/α,β-unsaturated/α-hetero) is 1. The topological polar surface area (TPSA) is 108 Å². The first-order valence-corrected chi connectivity index (χ1v) is 13.0. The minimum absolute atomic E-state index is 0. The summed E-state index contributed by atoms with van der Waals surface area (Å²) >= 11 is 4.35. The van der Waals surface area contributed by atoms with E-state index < -0.39 is 0 Å². The van der Waals surface area contributed by atoms with E-state index >= 15 is 0 Å². The largest absolute Gasteiger partial charge is 0.454 e. The molecule has 2 fully saturated rings. The Kier molecular flexibility index (Phi) is 9.79. The fraction of sp³-hybridized carbons (Fsp3) is 0.367. The van der Waals surface area contributed by atoms with E-state index in [1.807, 2.05) is 42.5 Å². The lowest BCUT2D eigenvalue weighted by molar-refractivity contribution is -0.120. The van der Waals surface area contributed by atoms with Crippen LogP contribution in [-0.2, 0) is 21.4 Å². The average molecular weight is 527 g/mol. The Bertz CT molecular complexity index is 1190. The SMILES string of the molecule is CC[C@H]1CCCO1.O.O.O=C(Cc1cccc(-c2ccc(S)cc2)c1)C1(c2ccc3c(c2)OCO3)CC1.[HH]. The molecule has 2 heterocycles. The van der Waals surface area contributed by atoms with Crippen LogP contribution in [0.25, 0.3) is 11.1 Å². The monoisotopic (exact) mass is 526 g/mol. The number of ketones is 1. The smallest absolute Gasteiger partial charge is 0.231 e. The molecule has 37 heavy (non-hydrogen) atoms. The molecule has 1 saturated carbocycles. The number of fused-ring (bicyclic) bond motifs is 1. The molecule has 3 aromatic carbocycles. The molecular weight excluding hydrogens is 488 g/mol. The first-order valence-electron chi connectivity index (χ1n) is 12.5. The zero-order chi connectivity index (χ0) is 24.3. The van der Waals surface area contributed by atoms with Crippen LogP contribution < -0.4 is 9.47 Å². The minimum Gasteiger partial charge on any atom is -0.454 e. The van der Waals surface area contributed by atoms with Crippen LogP contribution in [0.1, 0.15) is 51.6 Å². The minimum atomic E-state index is -0.370. The zero-order valence-corrected chi connectivity index (χ0v) is 22.1. The second kappa shape index (κ2) is 12.6. The lowest BCUT2D eigenvalue weighted by Gasteiger charge is -2.15. The summed E-state index contributed by atoms with van der Waals surface area (Å²) in [6.45, 7) is 3.43. The van der Waals surface area contributed by atoms with Crippen molar-refractivity contribution in [2.45, 2.75) is 61.9 Å². The van der Waals surface area contributed by atoms with Crippen molar-refractivity contribution in [3.8, 4) is 22.6 Å². The van der Waals surface area contributed by atoms with Gasteiger partial charge >= 0.3 is 0 Å². The van der Waals surface area contributed by atoms with Crippen molar-refractivity contribution in [2.75, 3.05) is 13.4 Å². The Morgan fingerprint density at radius 3 is 2.38 bits per heavy atom. The molecule has 4 N–H and O–H groups in total. The van der Waals surface area contributed by atoms with E-state index in [4.69, 9.17) is 14.2 Å². The molecule has 7 heteroatoms. The van der Waals surface area contributed by atoms with E-state index in [-0.39, 0.29) is 30.4 Å². The molecule has 0 aromatic heterocycles. The Balaban J connectivity index is 0.000000445. The molecule has 0 spiro atoms. The molecule has 6 nitrogen and oxygen atoms in total. The van der Waals surface area contributed by atoms with E-state index in [2.05, 4.69) is 43.8 Å². The third kappa shape index (κ3) is 6.54. The number of benzene rings is 3. The van der Waals surface area contributed by atoms with Gasteiger partial charge in [-0.05, 0) is 78.6 Å². The summed E-state index contributed by atoms with van der Waals surface area (Å²) in [7, 11) is 0. The number of ether oxygens (including phenoxy) is 3. The fourth-order valence-electron chi connectivity index (χ4n) is 4.88. The third-order valence-electron chi connectivity index (χ3n) is 7.18. The van der Waals surface area contributed by atoms with Gasteiger partial charge < -0.3 is 25.2 Å². The van der Waals surface area contributed by atoms with Crippen molar-refractivity contribution in [2.24, 2.45) is 0 Å². The molecule has 200 valence electrons. The lowest BCUT2D eigenvalue weighted by atomic mass is 9.87. The average Bonchev–Trinajstić information content (AvgIpc) is 3.28.